The lowest BCUT2D eigenvalue weighted by atomic mass is 10.1. The Kier molecular flexibility index (Phi) is 3.90. The highest BCUT2D eigenvalue weighted by Crippen LogP contribution is 2.31. The van der Waals surface area contributed by atoms with Crippen molar-refractivity contribution in [3.63, 3.8) is 0 Å². The van der Waals surface area contributed by atoms with E-state index in [0.717, 1.165) is 0 Å². The highest BCUT2D eigenvalue weighted by atomic mass is 79.9. The molecule has 0 radical (unpaired) electrons. The molecule has 6 heteroatoms. The quantitative estimate of drug-likeness (QED) is 0.942. The summed E-state index contributed by atoms with van der Waals surface area (Å²) in [5.41, 5.74) is 1.10. The summed E-state index contributed by atoms with van der Waals surface area (Å²) >= 11 is 3.19. The van der Waals surface area contributed by atoms with Crippen LogP contribution in [0, 0.1) is 6.92 Å². The summed E-state index contributed by atoms with van der Waals surface area (Å²) in [5.74, 6) is 1.73. The molecule has 0 saturated heterocycles. The molecule has 1 aromatic carbocycles. The average Bonchev–Trinajstić information content (AvgIpc) is 2.43. The van der Waals surface area contributed by atoms with E-state index in [-0.39, 0.29) is 5.56 Å². The van der Waals surface area contributed by atoms with Gasteiger partial charge in [-0.3, -0.25) is 4.79 Å². The van der Waals surface area contributed by atoms with E-state index >= 15 is 0 Å². The molecule has 0 atom stereocenters. The van der Waals surface area contributed by atoms with Crippen LogP contribution >= 0.6 is 15.9 Å². The van der Waals surface area contributed by atoms with Crippen molar-refractivity contribution in [2.75, 3.05) is 14.2 Å². The van der Waals surface area contributed by atoms with Crippen LogP contribution in [0.2, 0.25) is 0 Å². The number of benzene rings is 1. The minimum atomic E-state index is -0.222. The first-order valence-corrected chi connectivity index (χ1v) is 6.35. The van der Waals surface area contributed by atoms with Crippen molar-refractivity contribution < 1.29 is 9.47 Å². The van der Waals surface area contributed by atoms with Crippen molar-refractivity contribution in [2.24, 2.45) is 0 Å². The van der Waals surface area contributed by atoms with E-state index in [9.17, 15) is 4.79 Å². The van der Waals surface area contributed by atoms with Gasteiger partial charge in [0, 0.05) is 6.07 Å². The maximum atomic E-state index is 11.7. The lowest BCUT2D eigenvalue weighted by Crippen LogP contribution is -2.12. The second kappa shape index (κ2) is 5.44. The Morgan fingerprint density at radius 2 is 2.00 bits per heavy atom. The van der Waals surface area contributed by atoms with Gasteiger partial charge < -0.3 is 14.5 Å². The Labute approximate surface area is 118 Å². The van der Waals surface area contributed by atoms with Crippen LogP contribution in [0.1, 0.15) is 5.69 Å². The number of aromatic nitrogens is 2. The number of aromatic amines is 1. The Balaban J connectivity index is 2.62. The lowest BCUT2D eigenvalue weighted by Gasteiger charge is -2.10. The van der Waals surface area contributed by atoms with E-state index < -0.39 is 0 Å². The molecule has 1 N–H and O–H groups in total. The number of hydrogen-bond donors (Lipinski definition) is 1. The Morgan fingerprint density at radius 1 is 1.26 bits per heavy atom. The zero-order valence-electron chi connectivity index (χ0n) is 10.8. The van der Waals surface area contributed by atoms with Crippen molar-refractivity contribution in [3.8, 4) is 22.9 Å². The zero-order valence-corrected chi connectivity index (χ0v) is 12.4. The van der Waals surface area contributed by atoms with E-state index in [1.807, 2.05) is 0 Å². The van der Waals surface area contributed by atoms with E-state index in [1.54, 1.807) is 39.3 Å². The third-order valence-electron chi connectivity index (χ3n) is 2.69. The molecule has 0 saturated carbocycles. The summed E-state index contributed by atoms with van der Waals surface area (Å²) in [5, 5.41) is 0. The van der Waals surface area contributed by atoms with Gasteiger partial charge in [-0.05, 0) is 35.0 Å². The molecule has 2 aromatic rings. The van der Waals surface area contributed by atoms with Gasteiger partial charge in [-0.15, -0.1) is 0 Å². The van der Waals surface area contributed by atoms with Crippen LogP contribution in [-0.2, 0) is 0 Å². The first-order valence-electron chi connectivity index (χ1n) is 5.55. The van der Waals surface area contributed by atoms with Crippen molar-refractivity contribution in [2.45, 2.75) is 6.92 Å². The van der Waals surface area contributed by atoms with Crippen molar-refractivity contribution in [1.82, 2.24) is 9.97 Å². The van der Waals surface area contributed by atoms with Crippen LogP contribution in [0.25, 0.3) is 11.4 Å². The minimum absolute atomic E-state index is 0.222. The molecule has 0 unspecified atom stereocenters. The molecule has 0 fully saturated rings. The van der Waals surface area contributed by atoms with Crippen LogP contribution in [0.15, 0.2) is 27.5 Å². The Bertz CT molecular complexity index is 667. The number of aryl methyl sites for hydroxylation is 1. The maximum absolute atomic E-state index is 11.7. The summed E-state index contributed by atoms with van der Waals surface area (Å²) in [6.07, 6.45) is 0. The average molecular weight is 325 g/mol. The van der Waals surface area contributed by atoms with Crippen LogP contribution in [0.5, 0.6) is 11.5 Å². The largest absolute Gasteiger partial charge is 0.497 e. The van der Waals surface area contributed by atoms with Gasteiger partial charge in [0.2, 0.25) is 0 Å². The highest BCUT2D eigenvalue weighted by molar-refractivity contribution is 9.10. The molecule has 2 rings (SSSR count). The van der Waals surface area contributed by atoms with Gasteiger partial charge in [0.1, 0.15) is 21.8 Å². The molecule has 5 nitrogen and oxygen atoms in total. The molecule has 0 bridgehead atoms. The summed E-state index contributed by atoms with van der Waals surface area (Å²) in [6.45, 7) is 1.76. The summed E-state index contributed by atoms with van der Waals surface area (Å²) in [7, 11) is 3.14. The summed E-state index contributed by atoms with van der Waals surface area (Å²) in [6, 6.07) is 5.32. The zero-order chi connectivity index (χ0) is 14.0. The van der Waals surface area contributed by atoms with Crippen molar-refractivity contribution in [1.29, 1.82) is 0 Å². The number of rotatable bonds is 3. The molecule has 100 valence electrons. The fourth-order valence-electron chi connectivity index (χ4n) is 1.69. The van der Waals surface area contributed by atoms with Crippen LogP contribution in [0.4, 0.5) is 0 Å². The topological polar surface area (TPSA) is 64.2 Å². The van der Waals surface area contributed by atoms with Crippen molar-refractivity contribution in [3.05, 3.63) is 38.7 Å². The molecule has 0 aliphatic rings. The Morgan fingerprint density at radius 3 is 2.58 bits per heavy atom. The smallest absolute Gasteiger partial charge is 0.265 e. The van der Waals surface area contributed by atoms with Gasteiger partial charge >= 0.3 is 0 Å². The molecule has 0 aliphatic heterocycles. The van der Waals surface area contributed by atoms with Gasteiger partial charge in [-0.2, -0.15) is 0 Å². The fourth-order valence-corrected chi connectivity index (χ4v) is 1.88. The van der Waals surface area contributed by atoms with Crippen molar-refractivity contribution >= 4 is 15.9 Å². The Hall–Kier alpha value is -1.82. The lowest BCUT2D eigenvalue weighted by molar-refractivity contribution is 0.395. The van der Waals surface area contributed by atoms with E-state index in [4.69, 9.17) is 9.47 Å². The molecular weight excluding hydrogens is 312 g/mol. The monoisotopic (exact) mass is 324 g/mol. The van der Waals surface area contributed by atoms with Crippen LogP contribution in [-0.4, -0.2) is 24.2 Å². The van der Waals surface area contributed by atoms with E-state index in [1.165, 1.54) is 0 Å². The predicted octanol–water partition coefficient (Wildman–Crippen LogP) is 2.53. The molecular formula is C13H13BrN2O3. The number of ether oxygens (including phenoxy) is 2. The van der Waals surface area contributed by atoms with Gasteiger partial charge in [-0.25, -0.2) is 4.98 Å². The first kappa shape index (κ1) is 13.6. The third kappa shape index (κ3) is 2.63. The first-order chi connectivity index (χ1) is 9.06. The molecule has 19 heavy (non-hydrogen) atoms. The predicted molar refractivity (Wildman–Crippen MR) is 75.8 cm³/mol. The number of nitrogens with one attached hydrogen (secondary N) is 1. The van der Waals surface area contributed by atoms with Crippen LogP contribution in [0.3, 0.4) is 0 Å². The number of H-pyrrole nitrogens is 1. The third-order valence-corrected chi connectivity index (χ3v) is 3.63. The van der Waals surface area contributed by atoms with E-state index in [0.29, 0.717) is 33.1 Å². The number of nitrogens with zero attached hydrogens (tertiary/aromatic N) is 1. The van der Waals surface area contributed by atoms with Crippen LogP contribution < -0.4 is 15.0 Å². The molecule has 1 heterocycles. The van der Waals surface area contributed by atoms with Gasteiger partial charge in [0.15, 0.2) is 0 Å². The number of halogens is 1. The van der Waals surface area contributed by atoms with Gasteiger partial charge in [-0.1, -0.05) is 0 Å². The standard InChI is InChI=1S/C13H13BrN2O3/c1-7-11(14)13(17)16-12(15-7)9-5-4-8(18-2)6-10(9)19-3/h4-6H,1-3H3,(H,15,16,17). The SMILES string of the molecule is COc1ccc(-c2nc(C)c(Br)c(=O)[nH]2)c(OC)c1. The minimum Gasteiger partial charge on any atom is -0.497 e. The second-order valence-corrected chi connectivity index (χ2v) is 4.67. The molecule has 0 aliphatic carbocycles. The fraction of sp³-hybridized carbons (Fsp3) is 0.231. The van der Waals surface area contributed by atoms with Gasteiger partial charge in [0.25, 0.3) is 5.56 Å². The summed E-state index contributed by atoms with van der Waals surface area (Å²) < 4.78 is 10.9. The molecule has 1 aromatic heterocycles. The molecule has 0 amide bonds. The highest BCUT2D eigenvalue weighted by Gasteiger charge is 2.12. The maximum Gasteiger partial charge on any atom is 0.265 e. The van der Waals surface area contributed by atoms with E-state index in [2.05, 4.69) is 25.9 Å². The summed E-state index contributed by atoms with van der Waals surface area (Å²) in [4.78, 5) is 18.8. The second-order valence-electron chi connectivity index (χ2n) is 3.88. The van der Waals surface area contributed by atoms with Gasteiger partial charge in [0.05, 0.1) is 25.5 Å². The normalized spacial score (nSPS) is 10.3. The molecule has 0 spiro atoms. The number of methoxy groups -OCH3 is 2. The number of hydrogen-bond acceptors (Lipinski definition) is 4.